The molecule has 3 N–H and O–H groups in total. The Balaban J connectivity index is 1.30. The summed E-state index contributed by atoms with van der Waals surface area (Å²) in [7, 11) is 0. The number of anilines is 2. The van der Waals surface area contributed by atoms with Gasteiger partial charge in [0.25, 0.3) is 17.5 Å². The molecule has 9 nitrogen and oxygen atoms in total. The van der Waals surface area contributed by atoms with Crippen LogP contribution in [-0.2, 0) is 9.59 Å². The average Bonchev–Trinajstić information content (AvgIpc) is 3.10. The SMILES string of the molecule is Cc1cc([N+](=O)[O-])ccc1NC(=O)C(C)Sc1cccc(NC(=O)/C(=C\c2ccc(-c3ccccc3)cc2)NC(=O)c2ccccc2)c1. The van der Waals surface area contributed by atoms with Crippen molar-refractivity contribution in [3.63, 3.8) is 0 Å². The lowest BCUT2D eigenvalue weighted by molar-refractivity contribution is -0.384. The standard InChI is InChI=1S/C38H32N4O5S/c1-25-22-32(42(46)47)20-21-34(25)40-36(43)26(2)48-33-15-9-14-31(24-33)39-38(45)35(41-37(44)30-12-7-4-8-13-30)23-27-16-18-29(19-17-27)28-10-5-3-6-11-28/h3-24,26H,1-2H3,(H,39,45)(H,40,43)(H,41,44)/b35-23+. The minimum absolute atomic E-state index is 0.0506. The third kappa shape index (κ3) is 8.83. The van der Waals surface area contributed by atoms with E-state index < -0.39 is 22.0 Å². The van der Waals surface area contributed by atoms with Crippen molar-refractivity contribution in [1.82, 2.24) is 5.32 Å². The number of benzene rings is 5. The Labute approximate surface area is 282 Å². The van der Waals surface area contributed by atoms with E-state index in [1.165, 1.54) is 30.0 Å². The van der Waals surface area contributed by atoms with Gasteiger partial charge >= 0.3 is 0 Å². The highest BCUT2D eigenvalue weighted by Gasteiger charge is 2.19. The fourth-order valence-electron chi connectivity index (χ4n) is 4.75. The van der Waals surface area contributed by atoms with Gasteiger partial charge in [-0.1, -0.05) is 78.9 Å². The van der Waals surface area contributed by atoms with Gasteiger partial charge in [0, 0.05) is 34.0 Å². The molecule has 240 valence electrons. The second-order valence-electron chi connectivity index (χ2n) is 10.9. The Morgan fingerprint density at radius 3 is 2.10 bits per heavy atom. The molecule has 0 aliphatic heterocycles. The molecule has 0 aliphatic rings. The van der Waals surface area contributed by atoms with Crippen LogP contribution in [0.3, 0.4) is 0 Å². The van der Waals surface area contributed by atoms with Gasteiger partial charge in [0.1, 0.15) is 5.70 Å². The molecule has 0 saturated carbocycles. The minimum Gasteiger partial charge on any atom is -0.325 e. The summed E-state index contributed by atoms with van der Waals surface area (Å²) in [5.41, 5.74) is 4.77. The molecule has 0 aliphatic carbocycles. The number of thioether (sulfide) groups is 1. The number of amides is 3. The second kappa shape index (κ2) is 15.5. The number of carbonyl (C=O) groups is 3. The van der Waals surface area contributed by atoms with Gasteiger partial charge in [0.15, 0.2) is 0 Å². The zero-order valence-electron chi connectivity index (χ0n) is 26.2. The number of nitro benzene ring substituents is 1. The first-order valence-corrected chi connectivity index (χ1v) is 15.9. The highest BCUT2D eigenvalue weighted by molar-refractivity contribution is 8.00. The first-order valence-electron chi connectivity index (χ1n) is 15.0. The molecule has 1 atom stereocenters. The number of carbonyl (C=O) groups excluding carboxylic acids is 3. The van der Waals surface area contributed by atoms with Crippen molar-refractivity contribution < 1.29 is 19.3 Å². The number of nitrogens with one attached hydrogen (secondary N) is 3. The molecule has 0 radical (unpaired) electrons. The third-order valence-corrected chi connectivity index (χ3v) is 8.40. The summed E-state index contributed by atoms with van der Waals surface area (Å²) < 4.78 is 0. The van der Waals surface area contributed by atoms with E-state index in [1.807, 2.05) is 60.7 Å². The highest BCUT2D eigenvalue weighted by atomic mass is 32.2. The Morgan fingerprint density at radius 2 is 1.44 bits per heavy atom. The van der Waals surface area contributed by atoms with Crippen molar-refractivity contribution in [1.29, 1.82) is 0 Å². The second-order valence-corrected chi connectivity index (χ2v) is 12.3. The molecule has 5 rings (SSSR count). The minimum atomic E-state index is -0.523. The quantitative estimate of drug-likeness (QED) is 0.0570. The van der Waals surface area contributed by atoms with Crippen LogP contribution < -0.4 is 16.0 Å². The van der Waals surface area contributed by atoms with Crippen molar-refractivity contribution >= 4 is 52.6 Å². The predicted octanol–water partition coefficient (Wildman–Crippen LogP) is 8.10. The molecule has 0 saturated heterocycles. The van der Waals surface area contributed by atoms with Crippen LogP contribution in [0.1, 0.15) is 28.4 Å². The molecule has 5 aromatic carbocycles. The predicted molar refractivity (Wildman–Crippen MR) is 191 cm³/mol. The first-order chi connectivity index (χ1) is 23.2. The number of non-ortho nitro benzene ring substituents is 1. The average molecular weight is 657 g/mol. The summed E-state index contributed by atoms with van der Waals surface area (Å²) in [6, 6.07) is 37.6. The van der Waals surface area contributed by atoms with Crippen LogP contribution in [-0.4, -0.2) is 27.9 Å². The largest absolute Gasteiger partial charge is 0.325 e. The van der Waals surface area contributed by atoms with E-state index in [1.54, 1.807) is 68.5 Å². The van der Waals surface area contributed by atoms with Crippen LogP contribution in [0.2, 0.25) is 0 Å². The number of rotatable bonds is 11. The molecular weight excluding hydrogens is 625 g/mol. The van der Waals surface area contributed by atoms with Crippen molar-refractivity contribution in [3.05, 3.63) is 160 Å². The number of aryl methyl sites for hydroxylation is 1. The lowest BCUT2D eigenvalue weighted by atomic mass is 10.0. The van der Waals surface area contributed by atoms with Crippen molar-refractivity contribution in [2.75, 3.05) is 10.6 Å². The maximum Gasteiger partial charge on any atom is 0.272 e. The number of hydrogen-bond acceptors (Lipinski definition) is 6. The van der Waals surface area contributed by atoms with Crippen LogP contribution in [0.15, 0.2) is 138 Å². The Morgan fingerprint density at radius 1 is 0.771 bits per heavy atom. The summed E-state index contributed by atoms with van der Waals surface area (Å²) >= 11 is 1.29. The summed E-state index contributed by atoms with van der Waals surface area (Å²) in [4.78, 5) is 50.9. The maximum atomic E-state index is 13.6. The highest BCUT2D eigenvalue weighted by Crippen LogP contribution is 2.28. The molecular formula is C38H32N4O5S. The molecule has 0 bridgehead atoms. The van der Waals surface area contributed by atoms with Gasteiger partial charge in [-0.15, -0.1) is 11.8 Å². The van der Waals surface area contributed by atoms with Crippen LogP contribution in [0.25, 0.3) is 17.2 Å². The molecule has 0 spiro atoms. The molecule has 0 heterocycles. The van der Waals surface area contributed by atoms with Crippen LogP contribution in [0, 0.1) is 17.0 Å². The van der Waals surface area contributed by atoms with Crippen molar-refractivity contribution in [3.8, 4) is 11.1 Å². The molecule has 0 aromatic heterocycles. The van der Waals surface area contributed by atoms with Gasteiger partial charge in [0.2, 0.25) is 5.91 Å². The monoisotopic (exact) mass is 656 g/mol. The molecule has 0 fully saturated rings. The van der Waals surface area contributed by atoms with Gasteiger partial charge < -0.3 is 16.0 Å². The fourth-order valence-corrected chi connectivity index (χ4v) is 5.68. The van der Waals surface area contributed by atoms with Gasteiger partial charge in [-0.05, 0) is 78.6 Å². The van der Waals surface area contributed by atoms with Gasteiger partial charge in [-0.25, -0.2) is 0 Å². The molecule has 1 unspecified atom stereocenters. The topological polar surface area (TPSA) is 130 Å². The normalized spacial score (nSPS) is 11.7. The zero-order valence-corrected chi connectivity index (χ0v) is 27.0. The van der Waals surface area contributed by atoms with E-state index in [0.29, 0.717) is 22.5 Å². The van der Waals surface area contributed by atoms with E-state index in [9.17, 15) is 24.5 Å². The smallest absolute Gasteiger partial charge is 0.272 e. The van der Waals surface area contributed by atoms with Crippen LogP contribution in [0.4, 0.5) is 17.1 Å². The lowest BCUT2D eigenvalue weighted by Gasteiger charge is -2.15. The third-order valence-electron chi connectivity index (χ3n) is 7.31. The Bertz CT molecular complexity index is 1980. The summed E-state index contributed by atoms with van der Waals surface area (Å²) in [5, 5.41) is 19.0. The van der Waals surface area contributed by atoms with Gasteiger partial charge in [-0.2, -0.15) is 0 Å². The van der Waals surface area contributed by atoms with Gasteiger partial charge in [-0.3, -0.25) is 24.5 Å². The lowest BCUT2D eigenvalue weighted by Crippen LogP contribution is -2.30. The van der Waals surface area contributed by atoms with Gasteiger partial charge in [0.05, 0.1) is 10.2 Å². The Kier molecular flexibility index (Phi) is 10.8. The number of hydrogen-bond donors (Lipinski definition) is 3. The molecule has 3 amide bonds. The van der Waals surface area contributed by atoms with Crippen LogP contribution >= 0.6 is 11.8 Å². The molecule has 5 aromatic rings. The summed E-state index contributed by atoms with van der Waals surface area (Å²) in [6.07, 6.45) is 1.62. The van der Waals surface area contributed by atoms with E-state index in [2.05, 4.69) is 16.0 Å². The first kappa shape index (κ1) is 33.4. The fraction of sp³-hybridized carbons (Fsp3) is 0.0789. The van der Waals surface area contributed by atoms with E-state index >= 15 is 0 Å². The summed E-state index contributed by atoms with van der Waals surface area (Å²) in [5.74, 6) is -1.23. The zero-order chi connectivity index (χ0) is 34.0. The van der Waals surface area contributed by atoms with Crippen molar-refractivity contribution in [2.24, 2.45) is 0 Å². The molecule has 10 heteroatoms. The van der Waals surface area contributed by atoms with E-state index in [-0.39, 0.29) is 17.3 Å². The summed E-state index contributed by atoms with van der Waals surface area (Å²) in [6.45, 7) is 3.44. The maximum absolute atomic E-state index is 13.6. The Hall–Kier alpha value is -6.00. The van der Waals surface area contributed by atoms with Crippen molar-refractivity contribution in [2.45, 2.75) is 24.0 Å². The van der Waals surface area contributed by atoms with E-state index in [4.69, 9.17) is 0 Å². The number of nitrogens with zero attached hydrogens (tertiary/aromatic N) is 1. The van der Waals surface area contributed by atoms with Crippen LogP contribution in [0.5, 0.6) is 0 Å². The van der Waals surface area contributed by atoms with E-state index in [0.717, 1.165) is 21.6 Å². The number of nitro groups is 1. The molecule has 48 heavy (non-hydrogen) atoms.